The van der Waals surface area contributed by atoms with Crippen molar-refractivity contribution in [3.8, 4) is 0 Å². The van der Waals surface area contributed by atoms with Crippen molar-refractivity contribution in [3.05, 3.63) is 53.5 Å². The second kappa shape index (κ2) is 4.99. The first-order valence-electron chi connectivity index (χ1n) is 5.85. The van der Waals surface area contributed by atoms with Crippen LogP contribution in [-0.2, 0) is 6.18 Å². The molecule has 5 heteroatoms. The molecule has 2 aromatic rings. The highest BCUT2D eigenvalue weighted by Gasteiger charge is 2.30. The first-order chi connectivity index (χ1) is 8.88. The zero-order valence-corrected chi connectivity index (χ0v) is 10.6. The third-order valence-electron chi connectivity index (χ3n) is 2.91. The highest BCUT2D eigenvalue weighted by molar-refractivity contribution is 5.54. The fraction of sp³-hybridized carbons (Fsp3) is 0.286. The number of halogens is 3. The number of furan rings is 1. The van der Waals surface area contributed by atoms with E-state index in [4.69, 9.17) is 4.42 Å². The Bertz CT molecular complexity index is 546. The van der Waals surface area contributed by atoms with Gasteiger partial charge in [0.25, 0.3) is 0 Å². The molecule has 1 unspecified atom stereocenters. The van der Waals surface area contributed by atoms with Gasteiger partial charge in [-0.05, 0) is 43.7 Å². The fourth-order valence-electron chi connectivity index (χ4n) is 1.80. The van der Waals surface area contributed by atoms with Crippen molar-refractivity contribution in [1.82, 2.24) is 0 Å². The molecule has 0 amide bonds. The number of hydrogen-bond acceptors (Lipinski definition) is 2. The van der Waals surface area contributed by atoms with Gasteiger partial charge in [-0.25, -0.2) is 0 Å². The van der Waals surface area contributed by atoms with Crippen LogP contribution in [-0.4, -0.2) is 0 Å². The summed E-state index contributed by atoms with van der Waals surface area (Å²) in [6.07, 6.45) is -2.80. The maximum absolute atomic E-state index is 12.7. The quantitative estimate of drug-likeness (QED) is 0.867. The molecular formula is C14H14F3NO. The standard InChI is InChI=1S/C14H14F3NO/c1-9-5-6-11(14(15,16)17)8-12(9)18-10(2)13-4-3-7-19-13/h3-8,10,18H,1-2H3. The van der Waals surface area contributed by atoms with E-state index in [9.17, 15) is 13.2 Å². The molecule has 0 saturated carbocycles. The van der Waals surface area contributed by atoms with Gasteiger partial charge < -0.3 is 9.73 Å². The molecule has 1 N–H and O–H groups in total. The van der Waals surface area contributed by atoms with Crippen LogP contribution in [0.5, 0.6) is 0 Å². The molecule has 102 valence electrons. The molecule has 0 saturated heterocycles. The van der Waals surface area contributed by atoms with Gasteiger partial charge in [-0.1, -0.05) is 6.07 Å². The van der Waals surface area contributed by atoms with E-state index >= 15 is 0 Å². The van der Waals surface area contributed by atoms with Gasteiger partial charge in [0, 0.05) is 5.69 Å². The molecule has 1 aromatic carbocycles. The number of anilines is 1. The average molecular weight is 269 g/mol. The Balaban J connectivity index is 2.25. The molecule has 1 heterocycles. The minimum absolute atomic E-state index is 0.197. The van der Waals surface area contributed by atoms with E-state index in [2.05, 4.69) is 5.32 Å². The lowest BCUT2D eigenvalue weighted by atomic mass is 10.1. The second-order valence-corrected chi connectivity index (χ2v) is 4.41. The van der Waals surface area contributed by atoms with Crippen LogP contribution >= 0.6 is 0 Å². The Morgan fingerprint density at radius 3 is 2.53 bits per heavy atom. The van der Waals surface area contributed by atoms with Crippen LogP contribution in [0, 0.1) is 6.92 Å². The van der Waals surface area contributed by atoms with Crippen LogP contribution in [0.25, 0.3) is 0 Å². The molecule has 0 aliphatic rings. The van der Waals surface area contributed by atoms with E-state index in [0.29, 0.717) is 11.4 Å². The number of benzene rings is 1. The van der Waals surface area contributed by atoms with Crippen LogP contribution in [0.4, 0.5) is 18.9 Å². The van der Waals surface area contributed by atoms with E-state index in [1.807, 2.05) is 6.92 Å². The van der Waals surface area contributed by atoms with Gasteiger partial charge in [-0.15, -0.1) is 0 Å². The Morgan fingerprint density at radius 2 is 1.95 bits per heavy atom. The third-order valence-corrected chi connectivity index (χ3v) is 2.91. The summed E-state index contributed by atoms with van der Waals surface area (Å²) in [6.45, 7) is 3.59. The largest absolute Gasteiger partial charge is 0.467 e. The summed E-state index contributed by atoms with van der Waals surface area (Å²) >= 11 is 0. The van der Waals surface area contributed by atoms with Crippen molar-refractivity contribution in [2.45, 2.75) is 26.1 Å². The van der Waals surface area contributed by atoms with Crippen LogP contribution < -0.4 is 5.32 Å². The van der Waals surface area contributed by atoms with E-state index < -0.39 is 11.7 Å². The number of aryl methyl sites for hydroxylation is 1. The van der Waals surface area contributed by atoms with Gasteiger partial charge in [0.05, 0.1) is 17.9 Å². The van der Waals surface area contributed by atoms with Crippen LogP contribution in [0.2, 0.25) is 0 Å². The molecule has 2 nitrogen and oxygen atoms in total. The SMILES string of the molecule is Cc1ccc(C(F)(F)F)cc1NC(C)c1ccco1. The summed E-state index contributed by atoms with van der Waals surface area (Å²) in [7, 11) is 0. The summed E-state index contributed by atoms with van der Waals surface area (Å²) < 4.78 is 43.2. The number of hydrogen-bond donors (Lipinski definition) is 1. The minimum atomic E-state index is -4.34. The summed E-state index contributed by atoms with van der Waals surface area (Å²) in [5.41, 5.74) is 0.553. The smallest absolute Gasteiger partial charge is 0.416 e. The number of alkyl halides is 3. The maximum Gasteiger partial charge on any atom is 0.416 e. The summed E-state index contributed by atoms with van der Waals surface area (Å²) in [5, 5.41) is 3.03. The number of nitrogens with one attached hydrogen (secondary N) is 1. The van der Waals surface area contributed by atoms with Gasteiger partial charge >= 0.3 is 6.18 Å². The molecule has 2 rings (SSSR count). The first kappa shape index (κ1) is 13.5. The van der Waals surface area contributed by atoms with Crippen LogP contribution in [0.1, 0.15) is 29.9 Å². The lowest BCUT2D eigenvalue weighted by molar-refractivity contribution is -0.137. The molecule has 1 atom stereocenters. The Kier molecular flexibility index (Phi) is 3.55. The molecule has 0 bridgehead atoms. The summed E-state index contributed by atoms with van der Waals surface area (Å²) in [6, 6.07) is 6.98. The normalized spacial score (nSPS) is 13.3. The Hall–Kier alpha value is -1.91. The maximum atomic E-state index is 12.7. The van der Waals surface area contributed by atoms with Gasteiger partial charge in [-0.3, -0.25) is 0 Å². The topological polar surface area (TPSA) is 25.2 Å². The van der Waals surface area contributed by atoms with Gasteiger partial charge in [0.2, 0.25) is 0 Å². The summed E-state index contributed by atoms with van der Waals surface area (Å²) in [5.74, 6) is 0.678. The fourth-order valence-corrected chi connectivity index (χ4v) is 1.80. The first-order valence-corrected chi connectivity index (χ1v) is 5.85. The van der Waals surface area contributed by atoms with Crippen LogP contribution in [0.15, 0.2) is 41.0 Å². The Labute approximate surface area is 109 Å². The molecule has 0 radical (unpaired) electrons. The lowest BCUT2D eigenvalue weighted by Crippen LogP contribution is -2.10. The van der Waals surface area contributed by atoms with E-state index in [-0.39, 0.29) is 6.04 Å². The Morgan fingerprint density at radius 1 is 1.21 bits per heavy atom. The van der Waals surface area contributed by atoms with E-state index in [0.717, 1.165) is 17.7 Å². The van der Waals surface area contributed by atoms with Crippen molar-refractivity contribution in [2.75, 3.05) is 5.32 Å². The number of rotatable bonds is 3. The molecule has 0 spiro atoms. The average Bonchev–Trinajstić information content (AvgIpc) is 2.84. The van der Waals surface area contributed by atoms with E-state index in [1.165, 1.54) is 12.3 Å². The highest BCUT2D eigenvalue weighted by Crippen LogP contribution is 2.33. The molecular weight excluding hydrogens is 255 g/mol. The van der Waals surface area contributed by atoms with Crippen molar-refractivity contribution in [3.63, 3.8) is 0 Å². The minimum Gasteiger partial charge on any atom is -0.467 e. The van der Waals surface area contributed by atoms with Crippen molar-refractivity contribution in [2.24, 2.45) is 0 Å². The zero-order chi connectivity index (χ0) is 14.0. The van der Waals surface area contributed by atoms with Crippen LogP contribution in [0.3, 0.4) is 0 Å². The second-order valence-electron chi connectivity index (χ2n) is 4.41. The van der Waals surface area contributed by atoms with Crippen molar-refractivity contribution >= 4 is 5.69 Å². The van der Waals surface area contributed by atoms with Crippen molar-refractivity contribution in [1.29, 1.82) is 0 Å². The lowest BCUT2D eigenvalue weighted by Gasteiger charge is -2.17. The predicted molar refractivity (Wildman–Crippen MR) is 66.9 cm³/mol. The molecule has 19 heavy (non-hydrogen) atoms. The third kappa shape index (κ3) is 3.10. The monoisotopic (exact) mass is 269 g/mol. The van der Waals surface area contributed by atoms with Gasteiger partial charge in [0.1, 0.15) is 5.76 Å². The predicted octanol–water partition coefficient (Wildman–Crippen LogP) is 4.78. The van der Waals surface area contributed by atoms with Gasteiger partial charge in [0.15, 0.2) is 0 Å². The zero-order valence-electron chi connectivity index (χ0n) is 10.6. The summed E-state index contributed by atoms with van der Waals surface area (Å²) in [4.78, 5) is 0. The van der Waals surface area contributed by atoms with Gasteiger partial charge in [-0.2, -0.15) is 13.2 Å². The highest BCUT2D eigenvalue weighted by atomic mass is 19.4. The molecule has 0 fully saturated rings. The molecule has 0 aliphatic heterocycles. The molecule has 1 aromatic heterocycles. The van der Waals surface area contributed by atoms with E-state index in [1.54, 1.807) is 19.1 Å². The molecule has 0 aliphatic carbocycles. The van der Waals surface area contributed by atoms with Crippen molar-refractivity contribution < 1.29 is 17.6 Å².